The highest BCUT2D eigenvalue weighted by Crippen LogP contribution is 2.24. The van der Waals surface area contributed by atoms with Crippen molar-refractivity contribution in [3.05, 3.63) is 23.2 Å². The number of halogens is 1. The van der Waals surface area contributed by atoms with Crippen LogP contribution in [0.5, 0.6) is 0 Å². The van der Waals surface area contributed by atoms with Crippen molar-refractivity contribution in [3.63, 3.8) is 0 Å². The molecular formula is C7H5ClN4. The first-order chi connectivity index (χ1) is 5.79. The quantitative estimate of drug-likeness (QED) is 0.663. The van der Waals surface area contributed by atoms with Gasteiger partial charge in [-0.3, -0.25) is 0 Å². The molecule has 2 N–H and O–H groups in total. The zero-order valence-corrected chi connectivity index (χ0v) is 6.78. The number of hydrogen-bond acceptors (Lipinski definition) is 4. The molecular weight excluding hydrogens is 176 g/mol. The molecule has 12 heavy (non-hydrogen) atoms. The number of nitrogens with two attached hydrogens (primary N) is 1. The lowest BCUT2D eigenvalue weighted by Crippen LogP contribution is -1.97. The normalized spacial score (nSPS) is 10.4. The predicted octanol–water partition coefficient (Wildman–Crippen LogP) is 1.26. The van der Waals surface area contributed by atoms with Crippen LogP contribution in [0.2, 0.25) is 5.02 Å². The molecule has 1 aromatic carbocycles. The molecule has 0 saturated carbocycles. The van der Waals surface area contributed by atoms with E-state index in [1.807, 2.05) is 0 Å². The summed E-state index contributed by atoms with van der Waals surface area (Å²) in [5, 5.41) is 12.1. The van der Waals surface area contributed by atoms with Gasteiger partial charge in [-0.25, -0.2) is 0 Å². The fourth-order valence-corrected chi connectivity index (χ4v) is 1.28. The Balaban J connectivity index is 2.96. The monoisotopic (exact) mass is 180 g/mol. The molecule has 0 saturated heterocycles. The van der Waals surface area contributed by atoms with Gasteiger partial charge >= 0.3 is 0 Å². The SMILES string of the molecule is Nc1nnnc2cccc(Cl)c12. The summed E-state index contributed by atoms with van der Waals surface area (Å²) in [5.41, 5.74) is 6.22. The third-order valence-corrected chi connectivity index (χ3v) is 1.87. The number of fused-ring (bicyclic) bond motifs is 1. The molecule has 0 aliphatic rings. The third kappa shape index (κ3) is 0.967. The molecule has 0 unspecified atom stereocenters. The van der Waals surface area contributed by atoms with Crippen molar-refractivity contribution in [1.82, 2.24) is 15.4 Å². The summed E-state index contributed by atoms with van der Waals surface area (Å²) in [6, 6.07) is 5.31. The first-order valence-corrected chi connectivity index (χ1v) is 3.70. The molecule has 0 bridgehead atoms. The van der Waals surface area contributed by atoms with E-state index in [0.29, 0.717) is 21.7 Å². The lowest BCUT2D eigenvalue weighted by atomic mass is 10.2. The van der Waals surface area contributed by atoms with Crippen molar-refractivity contribution in [1.29, 1.82) is 0 Å². The van der Waals surface area contributed by atoms with Gasteiger partial charge in [0.15, 0.2) is 5.82 Å². The smallest absolute Gasteiger partial charge is 0.158 e. The van der Waals surface area contributed by atoms with E-state index < -0.39 is 0 Å². The van der Waals surface area contributed by atoms with Gasteiger partial charge < -0.3 is 5.73 Å². The number of benzene rings is 1. The number of nitrogen functional groups attached to an aromatic ring is 1. The lowest BCUT2D eigenvalue weighted by molar-refractivity contribution is 0.903. The maximum absolute atomic E-state index is 5.87. The molecule has 60 valence electrons. The van der Waals surface area contributed by atoms with Crippen LogP contribution in [0.3, 0.4) is 0 Å². The molecule has 0 atom stereocenters. The van der Waals surface area contributed by atoms with Crippen LogP contribution in [0.1, 0.15) is 0 Å². The van der Waals surface area contributed by atoms with E-state index in [1.165, 1.54) is 0 Å². The van der Waals surface area contributed by atoms with Gasteiger partial charge in [0.1, 0.15) is 0 Å². The minimum atomic E-state index is 0.311. The van der Waals surface area contributed by atoms with Crippen molar-refractivity contribution in [2.75, 3.05) is 5.73 Å². The van der Waals surface area contributed by atoms with Crippen molar-refractivity contribution >= 4 is 28.3 Å². The molecule has 5 heteroatoms. The van der Waals surface area contributed by atoms with Crippen LogP contribution in [0.15, 0.2) is 18.2 Å². The second kappa shape index (κ2) is 2.57. The predicted molar refractivity (Wildman–Crippen MR) is 46.8 cm³/mol. The lowest BCUT2D eigenvalue weighted by Gasteiger charge is -1.98. The van der Waals surface area contributed by atoms with Crippen LogP contribution < -0.4 is 5.73 Å². The molecule has 0 spiro atoms. The van der Waals surface area contributed by atoms with E-state index in [-0.39, 0.29) is 0 Å². The fourth-order valence-electron chi connectivity index (χ4n) is 1.02. The van der Waals surface area contributed by atoms with Gasteiger partial charge in [0.2, 0.25) is 0 Å². The Kier molecular flexibility index (Phi) is 1.55. The molecule has 4 nitrogen and oxygen atoms in total. The zero-order valence-electron chi connectivity index (χ0n) is 6.03. The Morgan fingerprint density at radius 3 is 2.83 bits per heavy atom. The average Bonchev–Trinajstić information content (AvgIpc) is 2.04. The summed E-state index contributed by atoms with van der Waals surface area (Å²) in [7, 11) is 0. The highest BCUT2D eigenvalue weighted by atomic mass is 35.5. The molecule has 0 amide bonds. The first-order valence-electron chi connectivity index (χ1n) is 3.32. The van der Waals surface area contributed by atoms with Crippen LogP contribution in [0, 0.1) is 0 Å². The number of hydrogen-bond donors (Lipinski definition) is 1. The summed E-state index contributed by atoms with van der Waals surface area (Å²) in [5.74, 6) is 0.311. The van der Waals surface area contributed by atoms with Gasteiger partial charge in [-0.2, -0.15) is 0 Å². The van der Waals surface area contributed by atoms with Gasteiger partial charge in [0.25, 0.3) is 0 Å². The Hall–Kier alpha value is -1.42. The standard InChI is InChI=1S/C7H5ClN4/c8-4-2-1-3-5-6(4)7(9)11-12-10-5/h1-3H,(H2,9,10,11). The van der Waals surface area contributed by atoms with Crippen LogP contribution in [-0.4, -0.2) is 15.4 Å². The molecule has 2 rings (SSSR count). The van der Waals surface area contributed by atoms with E-state index in [4.69, 9.17) is 17.3 Å². The third-order valence-electron chi connectivity index (χ3n) is 1.55. The summed E-state index contributed by atoms with van der Waals surface area (Å²) < 4.78 is 0. The Morgan fingerprint density at radius 2 is 2.08 bits per heavy atom. The largest absolute Gasteiger partial charge is 0.382 e. The molecule has 0 aliphatic carbocycles. The van der Waals surface area contributed by atoms with Crippen molar-refractivity contribution in [2.24, 2.45) is 0 Å². The zero-order chi connectivity index (χ0) is 8.55. The van der Waals surface area contributed by atoms with E-state index >= 15 is 0 Å². The maximum Gasteiger partial charge on any atom is 0.158 e. The Labute approximate surface area is 73.4 Å². The van der Waals surface area contributed by atoms with Gasteiger partial charge in [0.05, 0.1) is 15.9 Å². The number of rotatable bonds is 0. The molecule has 0 fully saturated rings. The van der Waals surface area contributed by atoms with Gasteiger partial charge in [-0.15, -0.1) is 10.2 Å². The van der Waals surface area contributed by atoms with E-state index in [0.717, 1.165) is 0 Å². The van der Waals surface area contributed by atoms with E-state index in [1.54, 1.807) is 18.2 Å². The average molecular weight is 181 g/mol. The van der Waals surface area contributed by atoms with E-state index in [2.05, 4.69) is 15.4 Å². The van der Waals surface area contributed by atoms with Gasteiger partial charge in [0, 0.05) is 0 Å². The topological polar surface area (TPSA) is 64.7 Å². The molecule has 1 heterocycles. The maximum atomic E-state index is 5.87. The summed E-state index contributed by atoms with van der Waals surface area (Å²) in [6.07, 6.45) is 0. The molecule has 0 aliphatic heterocycles. The van der Waals surface area contributed by atoms with Crippen molar-refractivity contribution in [2.45, 2.75) is 0 Å². The van der Waals surface area contributed by atoms with Crippen LogP contribution >= 0.6 is 11.6 Å². The van der Waals surface area contributed by atoms with Gasteiger partial charge in [-0.05, 0) is 17.3 Å². The molecule has 0 radical (unpaired) electrons. The molecule has 1 aromatic heterocycles. The summed E-state index contributed by atoms with van der Waals surface area (Å²) in [6.45, 7) is 0. The van der Waals surface area contributed by atoms with Crippen LogP contribution in [-0.2, 0) is 0 Å². The first kappa shape index (κ1) is 7.24. The second-order valence-corrected chi connectivity index (χ2v) is 2.72. The minimum absolute atomic E-state index is 0.311. The summed E-state index contributed by atoms with van der Waals surface area (Å²) >= 11 is 5.87. The Morgan fingerprint density at radius 1 is 1.25 bits per heavy atom. The highest BCUT2D eigenvalue weighted by Gasteiger charge is 2.03. The van der Waals surface area contributed by atoms with Crippen LogP contribution in [0.25, 0.3) is 10.9 Å². The fraction of sp³-hybridized carbons (Fsp3) is 0. The van der Waals surface area contributed by atoms with Crippen LogP contribution in [0.4, 0.5) is 5.82 Å². The van der Waals surface area contributed by atoms with E-state index in [9.17, 15) is 0 Å². The number of nitrogens with zero attached hydrogens (tertiary/aromatic N) is 3. The van der Waals surface area contributed by atoms with Gasteiger partial charge in [-0.1, -0.05) is 17.7 Å². The number of anilines is 1. The molecule has 2 aromatic rings. The van der Waals surface area contributed by atoms with Crippen molar-refractivity contribution < 1.29 is 0 Å². The Bertz CT molecular complexity index is 392. The number of aromatic nitrogens is 3. The summed E-state index contributed by atoms with van der Waals surface area (Å²) in [4.78, 5) is 0. The minimum Gasteiger partial charge on any atom is -0.382 e. The van der Waals surface area contributed by atoms with Crippen molar-refractivity contribution in [3.8, 4) is 0 Å². The highest BCUT2D eigenvalue weighted by molar-refractivity contribution is 6.36. The second-order valence-electron chi connectivity index (χ2n) is 2.31.